The van der Waals surface area contributed by atoms with Crippen LogP contribution >= 0.6 is 0 Å². The van der Waals surface area contributed by atoms with Crippen LogP contribution in [0.15, 0.2) is 30.6 Å². The predicted molar refractivity (Wildman–Crippen MR) is 85.1 cm³/mol. The number of aromatic nitrogens is 2. The molecule has 1 heterocycles. The van der Waals surface area contributed by atoms with Crippen molar-refractivity contribution in [1.82, 2.24) is 9.55 Å². The van der Waals surface area contributed by atoms with Crippen molar-refractivity contribution in [1.29, 1.82) is 0 Å². The van der Waals surface area contributed by atoms with Crippen LogP contribution in [0.3, 0.4) is 0 Å². The fourth-order valence-corrected chi connectivity index (χ4v) is 2.22. The Hall–Kier alpha value is -2.30. The van der Waals surface area contributed by atoms with Gasteiger partial charge in [-0.2, -0.15) is 0 Å². The molecule has 1 aromatic carbocycles. The molecule has 2 rings (SSSR count). The van der Waals surface area contributed by atoms with Crippen LogP contribution in [0.25, 0.3) is 0 Å². The summed E-state index contributed by atoms with van der Waals surface area (Å²) in [5.41, 5.74) is 8.20. The minimum absolute atomic E-state index is 0.0140. The van der Waals surface area contributed by atoms with Crippen LogP contribution in [0.1, 0.15) is 31.2 Å². The Labute approximate surface area is 125 Å². The molecule has 0 fully saturated rings. The Morgan fingerprint density at radius 2 is 2.24 bits per heavy atom. The number of nitrogens with zero attached hydrogens (tertiary/aromatic N) is 2. The number of benzene rings is 1. The summed E-state index contributed by atoms with van der Waals surface area (Å²) in [6, 6.07) is 5.53. The maximum atomic E-state index is 12.1. The van der Waals surface area contributed by atoms with Crippen LogP contribution in [0.5, 0.6) is 0 Å². The maximum absolute atomic E-state index is 12.1. The summed E-state index contributed by atoms with van der Waals surface area (Å²) in [6.45, 7) is 4.66. The predicted octanol–water partition coefficient (Wildman–Crippen LogP) is 2.76. The van der Waals surface area contributed by atoms with Crippen molar-refractivity contribution in [3.63, 3.8) is 0 Å². The van der Waals surface area contributed by atoms with Crippen molar-refractivity contribution < 1.29 is 4.79 Å². The number of carbonyl (C=O) groups excluding carboxylic acids is 1. The number of amides is 1. The molecule has 1 amide bonds. The molecule has 3 N–H and O–H groups in total. The van der Waals surface area contributed by atoms with Gasteiger partial charge in [0.05, 0.1) is 0 Å². The minimum Gasteiger partial charge on any atom is -0.398 e. The van der Waals surface area contributed by atoms with E-state index in [2.05, 4.69) is 17.2 Å². The third-order valence-electron chi connectivity index (χ3n) is 3.50. The Morgan fingerprint density at radius 1 is 1.43 bits per heavy atom. The maximum Gasteiger partial charge on any atom is 0.226 e. The van der Waals surface area contributed by atoms with Crippen molar-refractivity contribution in [3.05, 3.63) is 42.0 Å². The zero-order valence-corrected chi connectivity index (χ0v) is 12.6. The Balaban J connectivity index is 1.93. The average Bonchev–Trinajstić information content (AvgIpc) is 2.90. The van der Waals surface area contributed by atoms with Gasteiger partial charge >= 0.3 is 0 Å². The van der Waals surface area contributed by atoms with E-state index >= 15 is 0 Å². The molecule has 5 heteroatoms. The van der Waals surface area contributed by atoms with Crippen LogP contribution in [-0.2, 0) is 17.8 Å². The van der Waals surface area contributed by atoms with Gasteiger partial charge in [-0.05, 0) is 31.0 Å². The van der Waals surface area contributed by atoms with E-state index in [1.165, 1.54) is 0 Å². The quantitative estimate of drug-likeness (QED) is 0.802. The van der Waals surface area contributed by atoms with Crippen LogP contribution in [0, 0.1) is 6.92 Å². The Morgan fingerprint density at radius 3 is 3.00 bits per heavy atom. The molecule has 1 aromatic heterocycles. The molecule has 0 unspecified atom stereocenters. The second-order valence-electron chi connectivity index (χ2n) is 5.10. The van der Waals surface area contributed by atoms with Gasteiger partial charge in [0, 0.05) is 43.2 Å². The van der Waals surface area contributed by atoms with Gasteiger partial charge in [-0.25, -0.2) is 4.98 Å². The van der Waals surface area contributed by atoms with E-state index in [9.17, 15) is 4.79 Å². The first-order valence-corrected chi connectivity index (χ1v) is 7.26. The molecule has 112 valence electrons. The van der Waals surface area contributed by atoms with E-state index in [0.29, 0.717) is 18.7 Å². The molecule has 0 saturated heterocycles. The van der Waals surface area contributed by atoms with E-state index in [1.54, 1.807) is 6.20 Å². The number of imidazole rings is 1. The summed E-state index contributed by atoms with van der Waals surface area (Å²) in [6.07, 6.45) is 6.10. The van der Waals surface area contributed by atoms with Crippen molar-refractivity contribution in [3.8, 4) is 0 Å². The van der Waals surface area contributed by atoms with Gasteiger partial charge in [-0.15, -0.1) is 0 Å². The number of carbonyl (C=O) groups is 1. The number of hydrogen-bond donors (Lipinski definition) is 2. The lowest BCUT2D eigenvalue weighted by atomic mass is 10.1. The highest BCUT2D eigenvalue weighted by atomic mass is 16.1. The molecule has 0 atom stereocenters. The summed E-state index contributed by atoms with van der Waals surface area (Å²) < 4.78 is 2.04. The summed E-state index contributed by atoms with van der Waals surface area (Å²) >= 11 is 0. The summed E-state index contributed by atoms with van der Waals surface area (Å²) in [5, 5.41) is 2.91. The normalized spacial score (nSPS) is 10.6. The molecule has 5 nitrogen and oxygen atoms in total. The molecule has 21 heavy (non-hydrogen) atoms. The average molecular weight is 286 g/mol. The lowest BCUT2D eigenvalue weighted by molar-refractivity contribution is -0.116. The van der Waals surface area contributed by atoms with E-state index < -0.39 is 0 Å². The van der Waals surface area contributed by atoms with E-state index in [4.69, 9.17) is 5.73 Å². The second-order valence-corrected chi connectivity index (χ2v) is 5.10. The highest BCUT2D eigenvalue weighted by molar-refractivity contribution is 5.92. The number of aryl methyl sites for hydroxylation is 2. The van der Waals surface area contributed by atoms with Gasteiger partial charge in [0.25, 0.3) is 0 Å². The molecule has 0 aliphatic carbocycles. The largest absolute Gasteiger partial charge is 0.398 e. The van der Waals surface area contributed by atoms with Gasteiger partial charge in [0.1, 0.15) is 5.82 Å². The van der Waals surface area contributed by atoms with Crippen molar-refractivity contribution in [2.45, 2.75) is 39.7 Å². The zero-order chi connectivity index (χ0) is 15.2. The molecule has 0 radical (unpaired) electrons. The molecule has 0 aliphatic heterocycles. The summed E-state index contributed by atoms with van der Waals surface area (Å²) in [4.78, 5) is 16.4. The highest BCUT2D eigenvalue weighted by Crippen LogP contribution is 2.20. The lowest BCUT2D eigenvalue weighted by Crippen LogP contribution is -2.16. The lowest BCUT2D eigenvalue weighted by Gasteiger charge is -2.11. The van der Waals surface area contributed by atoms with Crippen LogP contribution < -0.4 is 11.1 Å². The van der Waals surface area contributed by atoms with E-state index in [0.717, 1.165) is 29.9 Å². The number of hydrogen-bond acceptors (Lipinski definition) is 3. The van der Waals surface area contributed by atoms with Gasteiger partial charge in [-0.3, -0.25) is 4.79 Å². The van der Waals surface area contributed by atoms with E-state index in [1.807, 2.05) is 35.9 Å². The van der Waals surface area contributed by atoms with Crippen LogP contribution in [-0.4, -0.2) is 15.5 Å². The molecular formula is C16H22N4O. The third kappa shape index (κ3) is 3.84. The monoisotopic (exact) mass is 286 g/mol. The van der Waals surface area contributed by atoms with Gasteiger partial charge in [0.2, 0.25) is 5.91 Å². The molecule has 0 spiro atoms. The molecule has 0 aliphatic rings. The van der Waals surface area contributed by atoms with Gasteiger partial charge < -0.3 is 15.6 Å². The van der Waals surface area contributed by atoms with E-state index in [-0.39, 0.29) is 5.91 Å². The highest BCUT2D eigenvalue weighted by Gasteiger charge is 2.08. The smallest absolute Gasteiger partial charge is 0.226 e. The van der Waals surface area contributed by atoms with Gasteiger partial charge in [-0.1, -0.05) is 13.0 Å². The SMILES string of the molecule is CCCc1nccn1CCC(=O)Nc1cccc(N)c1C. The first kappa shape index (κ1) is 15.1. The van der Waals surface area contributed by atoms with Crippen LogP contribution in [0.4, 0.5) is 11.4 Å². The Kier molecular flexibility index (Phi) is 4.98. The molecular weight excluding hydrogens is 264 g/mol. The standard InChI is InChI=1S/C16H22N4O/c1-3-5-15-18-9-11-20(15)10-8-16(21)19-14-7-4-6-13(17)12(14)2/h4,6-7,9,11H,3,5,8,10,17H2,1-2H3,(H,19,21). The number of nitrogens with one attached hydrogen (secondary N) is 1. The first-order chi connectivity index (χ1) is 10.1. The molecule has 0 bridgehead atoms. The number of nitrogen functional groups attached to an aromatic ring is 1. The van der Waals surface area contributed by atoms with Crippen molar-refractivity contribution in [2.24, 2.45) is 0 Å². The van der Waals surface area contributed by atoms with Crippen molar-refractivity contribution in [2.75, 3.05) is 11.1 Å². The van der Waals surface area contributed by atoms with Crippen LogP contribution in [0.2, 0.25) is 0 Å². The minimum atomic E-state index is -0.0140. The molecule has 0 saturated carbocycles. The Bertz CT molecular complexity index is 618. The zero-order valence-electron chi connectivity index (χ0n) is 12.6. The number of anilines is 2. The number of nitrogens with two attached hydrogens (primary N) is 1. The third-order valence-corrected chi connectivity index (χ3v) is 3.50. The topological polar surface area (TPSA) is 72.9 Å². The summed E-state index contributed by atoms with van der Waals surface area (Å²) in [7, 11) is 0. The van der Waals surface area contributed by atoms with Gasteiger partial charge in [0.15, 0.2) is 0 Å². The second kappa shape index (κ2) is 6.92. The number of rotatable bonds is 6. The fourth-order valence-electron chi connectivity index (χ4n) is 2.22. The van der Waals surface area contributed by atoms with Crippen molar-refractivity contribution >= 4 is 17.3 Å². The fraction of sp³-hybridized carbons (Fsp3) is 0.375. The first-order valence-electron chi connectivity index (χ1n) is 7.26. The molecule has 2 aromatic rings. The summed E-state index contributed by atoms with van der Waals surface area (Å²) in [5.74, 6) is 1.02.